The number of hydrogen-bond donors (Lipinski definition) is 0. The van der Waals surface area contributed by atoms with E-state index in [1.54, 1.807) is 22.3 Å². The maximum Gasteiger partial charge on any atom is 0.276 e. The SMILES string of the molecule is Cc1cc([C@@H]2CCCN2C(=O)c2cc(-c3cccs3)on2)on1. The number of aromatic nitrogens is 2. The first-order valence-electron chi connectivity index (χ1n) is 7.47. The molecule has 1 saturated heterocycles. The second-order valence-corrected chi connectivity index (χ2v) is 6.53. The lowest BCUT2D eigenvalue weighted by atomic mass is 10.1. The molecule has 1 fully saturated rings. The lowest BCUT2D eigenvalue weighted by molar-refractivity contribution is 0.0704. The Kier molecular flexibility index (Phi) is 3.49. The van der Waals surface area contributed by atoms with Gasteiger partial charge in [0.2, 0.25) is 0 Å². The summed E-state index contributed by atoms with van der Waals surface area (Å²) in [5.41, 5.74) is 1.15. The summed E-state index contributed by atoms with van der Waals surface area (Å²) in [5.74, 6) is 1.22. The first-order chi connectivity index (χ1) is 11.2. The second-order valence-electron chi connectivity index (χ2n) is 5.58. The Bertz CT molecular complexity index is 821. The largest absolute Gasteiger partial charge is 0.359 e. The van der Waals surface area contributed by atoms with Crippen molar-refractivity contribution in [2.45, 2.75) is 25.8 Å². The number of carbonyl (C=O) groups is 1. The molecule has 7 heteroatoms. The van der Waals surface area contributed by atoms with Crippen LogP contribution in [0.1, 0.15) is 40.8 Å². The first kappa shape index (κ1) is 14.2. The third-order valence-corrected chi connectivity index (χ3v) is 4.87. The van der Waals surface area contributed by atoms with Crippen LogP contribution in [0, 0.1) is 6.92 Å². The van der Waals surface area contributed by atoms with Crippen molar-refractivity contribution in [1.29, 1.82) is 0 Å². The highest BCUT2D eigenvalue weighted by Gasteiger charge is 2.34. The van der Waals surface area contributed by atoms with Gasteiger partial charge in [0.15, 0.2) is 17.2 Å². The van der Waals surface area contributed by atoms with E-state index in [0.29, 0.717) is 18.0 Å². The highest BCUT2D eigenvalue weighted by atomic mass is 32.1. The number of thiophene rings is 1. The molecule has 1 atom stereocenters. The number of amides is 1. The van der Waals surface area contributed by atoms with Crippen LogP contribution >= 0.6 is 11.3 Å². The van der Waals surface area contributed by atoms with Crippen molar-refractivity contribution >= 4 is 17.2 Å². The van der Waals surface area contributed by atoms with E-state index in [9.17, 15) is 4.79 Å². The summed E-state index contributed by atoms with van der Waals surface area (Å²) in [6.07, 6.45) is 1.81. The summed E-state index contributed by atoms with van der Waals surface area (Å²) < 4.78 is 10.7. The average molecular weight is 329 g/mol. The van der Waals surface area contributed by atoms with Crippen molar-refractivity contribution in [1.82, 2.24) is 15.2 Å². The molecule has 3 aromatic rings. The molecule has 0 spiro atoms. The first-order valence-corrected chi connectivity index (χ1v) is 8.35. The van der Waals surface area contributed by atoms with E-state index in [-0.39, 0.29) is 11.9 Å². The zero-order valence-corrected chi connectivity index (χ0v) is 13.4. The van der Waals surface area contributed by atoms with Gasteiger partial charge in [-0.15, -0.1) is 11.3 Å². The van der Waals surface area contributed by atoms with E-state index in [0.717, 1.165) is 29.2 Å². The highest BCUT2D eigenvalue weighted by molar-refractivity contribution is 7.13. The zero-order valence-electron chi connectivity index (χ0n) is 12.6. The Balaban J connectivity index is 1.58. The van der Waals surface area contributed by atoms with Gasteiger partial charge in [-0.3, -0.25) is 4.79 Å². The van der Waals surface area contributed by atoms with Gasteiger partial charge in [0.25, 0.3) is 5.91 Å². The highest BCUT2D eigenvalue weighted by Crippen LogP contribution is 2.34. The van der Waals surface area contributed by atoms with Crippen LogP contribution < -0.4 is 0 Å². The molecular formula is C16H15N3O3S. The smallest absolute Gasteiger partial charge is 0.276 e. The van der Waals surface area contributed by atoms with E-state index < -0.39 is 0 Å². The van der Waals surface area contributed by atoms with Crippen molar-refractivity contribution < 1.29 is 13.8 Å². The van der Waals surface area contributed by atoms with Crippen molar-refractivity contribution in [3.05, 3.63) is 46.8 Å². The molecule has 118 valence electrons. The molecular weight excluding hydrogens is 314 g/mol. The van der Waals surface area contributed by atoms with Crippen LogP contribution in [-0.2, 0) is 0 Å². The minimum atomic E-state index is -0.131. The monoisotopic (exact) mass is 329 g/mol. The Morgan fingerprint density at radius 1 is 1.35 bits per heavy atom. The number of carbonyl (C=O) groups excluding carboxylic acids is 1. The van der Waals surface area contributed by atoms with Crippen LogP contribution in [0.5, 0.6) is 0 Å². The van der Waals surface area contributed by atoms with E-state index in [1.165, 1.54) is 0 Å². The minimum absolute atomic E-state index is 0.0782. The van der Waals surface area contributed by atoms with Gasteiger partial charge < -0.3 is 13.9 Å². The normalized spacial score (nSPS) is 17.8. The Morgan fingerprint density at radius 2 is 2.26 bits per heavy atom. The van der Waals surface area contributed by atoms with Crippen molar-refractivity contribution in [2.24, 2.45) is 0 Å². The minimum Gasteiger partial charge on any atom is -0.359 e. The topological polar surface area (TPSA) is 72.4 Å². The number of hydrogen-bond acceptors (Lipinski definition) is 6. The fourth-order valence-corrected chi connectivity index (χ4v) is 3.58. The van der Waals surface area contributed by atoms with Crippen molar-refractivity contribution in [2.75, 3.05) is 6.54 Å². The van der Waals surface area contributed by atoms with Gasteiger partial charge in [-0.25, -0.2) is 0 Å². The zero-order chi connectivity index (χ0) is 15.8. The molecule has 23 heavy (non-hydrogen) atoms. The number of aryl methyl sites for hydroxylation is 1. The van der Waals surface area contributed by atoms with Gasteiger partial charge in [0, 0.05) is 18.7 Å². The molecule has 1 amide bonds. The molecule has 6 nitrogen and oxygen atoms in total. The molecule has 4 rings (SSSR count). The van der Waals surface area contributed by atoms with Gasteiger partial charge in [0.05, 0.1) is 16.6 Å². The lowest BCUT2D eigenvalue weighted by Crippen LogP contribution is -2.30. The van der Waals surface area contributed by atoms with Gasteiger partial charge in [-0.2, -0.15) is 0 Å². The van der Waals surface area contributed by atoms with Crippen LogP contribution in [-0.4, -0.2) is 27.7 Å². The molecule has 0 bridgehead atoms. The van der Waals surface area contributed by atoms with Gasteiger partial charge >= 0.3 is 0 Å². The predicted molar refractivity (Wildman–Crippen MR) is 84.1 cm³/mol. The second kappa shape index (κ2) is 5.66. The lowest BCUT2D eigenvalue weighted by Gasteiger charge is -2.21. The fraction of sp³-hybridized carbons (Fsp3) is 0.312. The van der Waals surface area contributed by atoms with Gasteiger partial charge in [-0.05, 0) is 31.2 Å². The summed E-state index contributed by atoms with van der Waals surface area (Å²) in [6, 6.07) is 7.39. The van der Waals surface area contributed by atoms with Crippen LogP contribution in [0.15, 0.2) is 38.7 Å². The number of nitrogens with zero attached hydrogens (tertiary/aromatic N) is 3. The maximum absolute atomic E-state index is 12.8. The molecule has 4 heterocycles. The fourth-order valence-electron chi connectivity index (χ4n) is 2.90. The Hall–Kier alpha value is -2.41. The summed E-state index contributed by atoms with van der Waals surface area (Å²) in [4.78, 5) is 15.5. The summed E-state index contributed by atoms with van der Waals surface area (Å²) in [6.45, 7) is 2.56. The third kappa shape index (κ3) is 2.57. The van der Waals surface area contributed by atoms with Crippen LogP contribution in [0.3, 0.4) is 0 Å². The van der Waals surface area contributed by atoms with E-state index in [4.69, 9.17) is 9.05 Å². The van der Waals surface area contributed by atoms with Crippen LogP contribution in [0.25, 0.3) is 10.6 Å². The van der Waals surface area contributed by atoms with E-state index in [2.05, 4.69) is 10.3 Å². The molecule has 0 unspecified atom stereocenters. The number of rotatable bonds is 3. The maximum atomic E-state index is 12.8. The van der Waals surface area contributed by atoms with E-state index in [1.807, 2.05) is 30.5 Å². The summed E-state index contributed by atoms with van der Waals surface area (Å²) in [5, 5.41) is 9.82. The molecule has 1 aliphatic heterocycles. The predicted octanol–water partition coefficient (Wildman–Crippen LogP) is 3.68. The molecule has 0 aromatic carbocycles. The molecule has 0 aliphatic carbocycles. The molecule has 3 aromatic heterocycles. The summed E-state index contributed by atoms with van der Waals surface area (Å²) in [7, 11) is 0. The van der Waals surface area contributed by atoms with Crippen LogP contribution in [0.2, 0.25) is 0 Å². The molecule has 1 aliphatic rings. The Labute approximate surface area is 136 Å². The average Bonchev–Trinajstić information content (AvgIpc) is 3.31. The molecule has 0 N–H and O–H groups in total. The van der Waals surface area contributed by atoms with Gasteiger partial charge in [0.1, 0.15) is 0 Å². The standard InChI is InChI=1S/C16H15N3O3S/c1-10-8-13(21-17-10)12-4-2-6-19(12)16(20)11-9-14(22-18-11)15-5-3-7-23-15/h3,5,7-9,12H,2,4,6H2,1H3/t12-/m0/s1. The van der Waals surface area contributed by atoms with E-state index >= 15 is 0 Å². The molecule has 0 saturated carbocycles. The molecule has 0 radical (unpaired) electrons. The van der Waals surface area contributed by atoms with Gasteiger partial charge in [-0.1, -0.05) is 16.4 Å². The van der Waals surface area contributed by atoms with Crippen molar-refractivity contribution in [3.8, 4) is 10.6 Å². The quantitative estimate of drug-likeness (QED) is 0.733. The van der Waals surface area contributed by atoms with Crippen molar-refractivity contribution in [3.63, 3.8) is 0 Å². The number of likely N-dealkylation sites (tertiary alicyclic amines) is 1. The summed E-state index contributed by atoms with van der Waals surface area (Å²) >= 11 is 1.55. The Morgan fingerprint density at radius 3 is 3.00 bits per heavy atom. The van der Waals surface area contributed by atoms with Crippen LogP contribution in [0.4, 0.5) is 0 Å². The third-order valence-electron chi connectivity index (χ3n) is 3.98.